The summed E-state index contributed by atoms with van der Waals surface area (Å²) in [4.78, 5) is 11.6. The molecule has 0 bridgehead atoms. The van der Waals surface area contributed by atoms with E-state index in [1.807, 2.05) is 13.8 Å². The standard InChI is InChI=1S/C12H16ClNO3S/c1-9(2)8-14-12(15)7-10-3-5-11(6-4-10)18(13,16)17/h3-6,9H,7-8H2,1-2H3,(H,14,15). The molecule has 0 unspecified atom stereocenters. The van der Waals surface area contributed by atoms with E-state index in [1.165, 1.54) is 12.1 Å². The maximum atomic E-state index is 11.5. The van der Waals surface area contributed by atoms with Gasteiger partial charge in [-0.15, -0.1) is 0 Å². The number of hydrogen-bond acceptors (Lipinski definition) is 3. The number of hydrogen-bond donors (Lipinski definition) is 1. The quantitative estimate of drug-likeness (QED) is 0.843. The zero-order chi connectivity index (χ0) is 13.8. The number of amides is 1. The van der Waals surface area contributed by atoms with Crippen molar-refractivity contribution in [3.05, 3.63) is 29.8 Å². The minimum atomic E-state index is -3.70. The highest BCUT2D eigenvalue weighted by Gasteiger charge is 2.10. The lowest BCUT2D eigenvalue weighted by atomic mass is 10.1. The molecule has 18 heavy (non-hydrogen) atoms. The van der Waals surface area contributed by atoms with Gasteiger partial charge in [0.1, 0.15) is 0 Å². The lowest BCUT2D eigenvalue weighted by molar-refractivity contribution is -0.120. The third-order valence-electron chi connectivity index (χ3n) is 2.28. The second kappa shape index (κ2) is 6.20. The van der Waals surface area contributed by atoms with Gasteiger partial charge in [0, 0.05) is 17.2 Å². The number of benzene rings is 1. The number of carbonyl (C=O) groups is 1. The summed E-state index contributed by atoms with van der Waals surface area (Å²) in [7, 11) is 1.50. The molecular weight excluding hydrogens is 274 g/mol. The Hall–Kier alpha value is -1.07. The maximum absolute atomic E-state index is 11.5. The van der Waals surface area contributed by atoms with Crippen molar-refractivity contribution in [3.8, 4) is 0 Å². The molecule has 0 heterocycles. The van der Waals surface area contributed by atoms with E-state index >= 15 is 0 Å². The Morgan fingerprint density at radius 1 is 1.28 bits per heavy atom. The topological polar surface area (TPSA) is 63.2 Å². The highest BCUT2D eigenvalue weighted by atomic mass is 35.7. The lowest BCUT2D eigenvalue weighted by Crippen LogP contribution is -2.28. The fourth-order valence-electron chi connectivity index (χ4n) is 1.34. The van der Waals surface area contributed by atoms with E-state index < -0.39 is 9.05 Å². The predicted molar refractivity (Wildman–Crippen MR) is 71.0 cm³/mol. The number of halogens is 1. The Labute approximate surface area is 112 Å². The number of rotatable bonds is 5. The third kappa shape index (κ3) is 5.06. The lowest BCUT2D eigenvalue weighted by Gasteiger charge is -2.07. The minimum Gasteiger partial charge on any atom is -0.356 e. The Kier molecular flexibility index (Phi) is 5.16. The average molecular weight is 290 g/mol. The maximum Gasteiger partial charge on any atom is 0.261 e. The van der Waals surface area contributed by atoms with Crippen molar-refractivity contribution in [2.45, 2.75) is 25.2 Å². The van der Waals surface area contributed by atoms with Crippen LogP contribution in [-0.4, -0.2) is 20.9 Å². The van der Waals surface area contributed by atoms with Crippen LogP contribution in [0.15, 0.2) is 29.2 Å². The van der Waals surface area contributed by atoms with Crippen molar-refractivity contribution in [1.29, 1.82) is 0 Å². The van der Waals surface area contributed by atoms with E-state index in [2.05, 4.69) is 5.32 Å². The summed E-state index contributed by atoms with van der Waals surface area (Å²) in [6, 6.07) is 5.97. The first kappa shape index (κ1) is 15.0. The van der Waals surface area contributed by atoms with Gasteiger partial charge in [0.05, 0.1) is 11.3 Å². The van der Waals surface area contributed by atoms with Gasteiger partial charge in [-0.25, -0.2) is 8.42 Å². The molecule has 1 amide bonds. The molecule has 1 N–H and O–H groups in total. The molecule has 0 aliphatic rings. The van der Waals surface area contributed by atoms with E-state index in [-0.39, 0.29) is 17.2 Å². The molecule has 0 saturated heterocycles. The summed E-state index contributed by atoms with van der Waals surface area (Å²) in [5, 5.41) is 2.79. The Bertz CT molecular complexity index is 509. The molecule has 1 aromatic carbocycles. The van der Waals surface area contributed by atoms with Crippen molar-refractivity contribution >= 4 is 25.6 Å². The molecule has 1 aromatic rings. The fourth-order valence-corrected chi connectivity index (χ4v) is 2.11. The first-order valence-electron chi connectivity index (χ1n) is 5.59. The highest BCUT2D eigenvalue weighted by molar-refractivity contribution is 8.13. The van der Waals surface area contributed by atoms with Gasteiger partial charge in [-0.05, 0) is 23.6 Å². The smallest absolute Gasteiger partial charge is 0.261 e. The van der Waals surface area contributed by atoms with Crippen molar-refractivity contribution < 1.29 is 13.2 Å². The largest absolute Gasteiger partial charge is 0.356 e. The van der Waals surface area contributed by atoms with E-state index in [9.17, 15) is 13.2 Å². The fraction of sp³-hybridized carbons (Fsp3) is 0.417. The van der Waals surface area contributed by atoms with E-state index in [0.29, 0.717) is 12.5 Å². The SMILES string of the molecule is CC(C)CNC(=O)Cc1ccc(S(=O)(=O)Cl)cc1. The number of carbonyl (C=O) groups excluding carboxylic acids is 1. The molecule has 0 saturated carbocycles. The molecule has 0 spiro atoms. The Balaban J connectivity index is 2.62. The second-order valence-electron chi connectivity index (χ2n) is 4.46. The predicted octanol–water partition coefficient (Wildman–Crippen LogP) is 1.93. The molecule has 4 nitrogen and oxygen atoms in total. The molecular formula is C12H16ClNO3S. The summed E-state index contributed by atoms with van der Waals surface area (Å²) in [5.74, 6) is 0.322. The highest BCUT2D eigenvalue weighted by Crippen LogP contribution is 2.15. The summed E-state index contributed by atoms with van der Waals surface area (Å²) >= 11 is 0. The molecule has 0 fully saturated rings. The zero-order valence-electron chi connectivity index (χ0n) is 10.3. The normalized spacial score (nSPS) is 11.6. The van der Waals surface area contributed by atoms with E-state index in [0.717, 1.165) is 5.56 Å². The molecule has 100 valence electrons. The molecule has 0 atom stereocenters. The van der Waals surface area contributed by atoms with Gasteiger partial charge in [0.15, 0.2) is 0 Å². The van der Waals surface area contributed by atoms with Crippen molar-refractivity contribution in [3.63, 3.8) is 0 Å². The van der Waals surface area contributed by atoms with E-state index in [1.54, 1.807) is 12.1 Å². The van der Waals surface area contributed by atoms with Crippen LogP contribution in [0.5, 0.6) is 0 Å². The van der Waals surface area contributed by atoms with Gasteiger partial charge in [-0.3, -0.25) is 4.79 Å². The van der Waals surface area contributed by atoms with Crippen molar-refractivity contribution in [1.82, 2.24) is 5.32 Å². The van der Waals surface area contributed by atoms with Crippen LogP contribution >= 0.6 is 10.7 Å². The van der Waals surface area contributed by atoms with Crippen LogP contribution in [0.4, 0.5) is 0 Å². The summed E-state index contributed by atoms with van der Waals surface area (Å²) in [5.41, 5.74) is 0.750. The summed E-state index contributed by atoms with van der Waals surface area (Å²) in [6.45, 7) is 4.66. The van der Waals surface area contributed by atoms with Crippen LogP contribution in [0.3, 0.4) is 0 Å². The first-order valence-corrected chi connectivity index (χ1v) is 7.90. The summed E-state index contributed by atoms with van der Waals surface area (Å²) < 4.78 is 22.1. The third-order valence-corrected chi connectivity index (χ3v) is 3.65. The molecule has 0 aromatic heterocycles. The second-order valence-corrected chi connectivity index (χ2v) is 7.02. The summed E-state index contributed by atoms with van der Waals surface area (Å²) in [6.07, 6.45) is 0.231. The molecule has 6 heteroatoms. The van der Waals surface area contributed by atoms with Crippen LogP contribution in [0.25, 0.3) is 0 Å². The zero-order valence-corrected chi connectivity index (χ0v) is 11.9. The molecule has 0 aliphatic carbocycles. The van der Waals surface area contributed by atoms with Gasteiger partial charge in [0.2, 0.25) is 5.91 Å². The molecule has 0 radical (unpaired) electrons. The van der Waals surface area contributed by atoms with Gasteiger partial charge in [-0.1, -0.05) is 26.0 Å². The molecule has 1 rings (SSSR count). The average Bonchev–Trinajstić information content (AvgIpc) is 2.26. The van der Waals surface area contributed by atoms with Crippen LogP contribution in [-0.2, 0) is 20.3 Å². The van der Waals surface area contributed by atoms with Crippen LogP contribution in [0.2, 0.25) is 0 Å². The van der Waals surface area contributed by atoms with Crippen molar-refractivity contribution in [2.24, 2.45) is 5.92 Å². The first-order chi connectivity index (χ1) is 8.29. The van der Waals surface area contributed by atoms with Crippen molar-refractivity contribution in [2.75, 3.05) is 6.54 Å². The number of nitrogens with one attached hydrogen (secondary N) is 1. The minimum absolute atomic E-state index is 0.0375. The Morgan fingerprint density at radius 3 is 2.28 bits per heavy atom. The molecule has 0 aliphatic heterocycles. The van der Waals surface area contributed by atoms with Crippen LogP contribution in [0, 0.1) is 5.92 Å². The van der Waals surface area contributed by atoms with Gasteiger partial charge in [0.25, 0.3) is 9.05 Å². The van der Waals surface area contributed by atoms with Crippen LogP contribution in [0.1, 0.15) is 19.4 Å². The van der Waals surface area contributed by atoms with Gasteiger partial charge in [-0.2, -0.15) is 0 Å². The van der Waals surface area contributed by atoms with E-state index in [4.69, 9.17) is 10.7 Å². The van der Waals surface area contributed by atoms with Crippen LogP contribution < -0.4 is 5.32 Å². The monoisotopic (exact) mass is 289 g/mol. The van der Waals surface area contributed by atoms with Gasteiger partial charge < -0.3 is 5.32 Å². The Morgan fingerprint density at radius 2 is 1.83 bits per heavy atom. The van der Waals surface area contributed by atoms with Gasteiger partial charge >= 0.3 is 0 Å².